The molecule has 0 spiro atoms. The van der Waals surface area contributed by atoms with Crippen LogP contribution in [-0.2, 0) is 11.8 Å². The van der Waals surface area contributed by atoms with E-state index >= 15 is 0 Å². The first-order valence-corrected chi connectivity index (χ1v) is 8.71. The average Bonchev–Trinajstić information content (AvgIpc) is 2.63. The monoisotopic (exact) mass is 332 g/mol. The normalized spacial score (nSPS) is 11.4. The highest BCUT2D eigenvalue weighted by Gasteiger charge is 2.28. The van der Waals surface area contributed by atoms with Gasteiger partial charge in [-0.15, -0.1) is 0 Å². The highest BCUT2D eigenvalue weighted by atomic mass is 16.3. The molecule has 0 unspecified atom stereocenters. The van der Waals surface area contributed by atoms with Gasteiger partial charge in [0, 0.05) is 5.41 Å². The second-order valence-electron chi connectivity index (χ2n) is 6.77. The van der Waals surface area contributed by atoms with Crippen LogP contribution in [-0.4, -0.2) is 10.2 Å². The zero-order valence-electron chi connectivity index (χ0n) is 14.5. The van der Waals surface area contributed by atoms with Crippen LogP contribution in [0.3, 0.4) is 0 Å². The van der Waals surface area contributed by atoms with Gasteiger partial charge in [0.15, 0.2) is 0 Å². The van der Waals surface area contributed by atoms with Crippen molar-refractivity contribution in [3.63, 3.8) is 0 Å². The van der Waals surface area contributed by atoms with E-state index in [-0.39, 0.29) is 16.9 Å². The first kappa shape index (κ1) is 17.1. The minimum atomic E-state index is -0.170. The molecule has 2 heteroatoms. The van der Waals surface area contributed by atoms with Crippen molar-refractivity contribution >= 4 is 0 Å². The zero-order chi connectivity index (χ0) is 17.7. The molecular formula is C23H24O2. The number of hydrogen-bond donors (Lipinski definition) is 2. The maximum atomic E-state index is 9.62. The van der Waals surface area contributed by atoms with Gasteiger partial charge in [0.1, 0.15) is 11.5 Å². The lowest BCUT2D eigenvalue weighted by atomic mass is 9.72. The van der Waals surface area contributed by atoms with Crippen molar-refractivity contribution in [3.8, 4) is 11.5 Å². The van der Waals surface area contributed by atoms with Crippen LogP contribution >= 0.6 is 0 Å². The van der Waals surface area contributed by atoms with Gasteiger partial charge in [0.25, 0.3) is 0 Å². The van der Waals surface area contributed by atoms with Gasteiger partial charge in [-0.2, -0.15) is 0 Å². The predicted octanol–water partition coefficient (Wildman–Crippen LogP) is 5.43. The van der Waals surface area contributed by atoms with Crippen LogP contribution in [0.2, 0.25) is 0 Å². The van der Waals surface area contributed by atoms with Gasteiger partial charge in [0.05, 0.1) is 0 Å². The second-order valence-corrected chi connectivity index (χ2v) is 6.77. The van der Waals surface area contributed by atoms with Crippen LogP contribution in [0.15, 0.2) is 78.9 Å². The van der Waals surface area contributed by atoms with E-state index in [1.807, 2.05) is 30.3 Å². The van der Waals surface area contributed by atoms with Crippen molar-refractivity contribution in [2.24, 2.45) is 0 Å². The summed E-state index contributed by atoms with van der Waals surface area (Å²) in [5, 5.41) is 19.2. The van der Waals surface area contributed by atoms with Crippen LogP contribution in [0.1, 0.15) is 36.5 Å². The fourth-order valence-corrected chi connectivity index (χ4v) is 3.40. The molecule has 0 aliphatic carbocycles. The largest absolute Gasteiger partial charge is 0.508 e. The summed E-state index contributed by atoms with van der Waals surface area (Å²) < 4.78 is 0. The Bertz CT molecular complexity index is 744. The lowest BCUT2D eigenvalue weighted by Crippen LogP contribution is -2.23. The summed E-state index contributed by atoms with van der Waals surface area (Å²) >= 11 is 0. The highest BCUT2D eigenvalue weighted by Crippen LogP contribution is 2.38. The Labute approximate surface area is 149 Å². The molecule has 0 aliphatic heterocycles. The van der Waals surface area contributed by atoms with Gasteiger partial charge >= 0.3 is 0 Å². The van der Waals surface area contributed by atoms with Gasteiger partial charge in [-0.3, -0.25) is 0 Å². The SMILES string of the molecule is CC(CCCc1ccccc1)(c1ccc(O)cc1)c1ccc(O)cc1. The highest BCUT2D eigenvalue weighted by molar-refractivity contribution is 5.42. The number of rotatable bonds is 6. The standard InChI is InChI=1S/C23H24O2/c1-23(19-9-13-21(24)14-10-19,20-11-15-22(25)16-12-20)17-5-8-18-6-3-2-4-7-18/h2-4,6-7,9-16,24-25H,5,8,17H2,1H3. The molecule has 0 aliphatic rings. The summed E-state index contributed by atoms with van der Waals surface area (Å²) in [6.07, 6.45) is 3.08. The topological polar surface area (TPSA) is 40.5 Å². The molecule has 25 heavy (non-hydrogen) atoms. The van der Waals surface area contributed by atoms with Crippen molar-refractivity contribution in [2.75, 3.05) is 0 Å². The van der Waals surface area contributed by atoms with Gasteiger partial charge in [-0.05, 0) is 60.2 Å². The van der Waals surface area contributed by atoms with Crippen LogP contribution < -0.4 is 0 Å². The van der Waals surface area contributed by atoms with E-state index in [9.17, 15) is 10.2 Å². The van der Waals surface area contributed by atoms with Crippen molar-refractivity contribution in [2.45, 2.75) is 31.6 Å². The molecule has 0 radical (unpaired) electrons. The summed E-state index contributed by atoms with van der Waals surface area (Å²) in [6, 6.07) is 25.5. The molecule has 0 amide bonds. The van der Waals surface area contributed by atoms with Crippen molar-refractivity contribution < 1.29 is 10.2 Å². The summed E-state index contributed by atoms with van der Waals surface area (Å²) in [4.78, 5) is 0. The molecule has 0 saturated carbocycles. The van der Waals surface area contributed by atoms with Crippen molar-refractivity contribution in [1.82, 2.24) is 0 Å². The molecule has 0 fully saturated rings. The van der Waals surface area contributed by atoms with Crippen LogP contribution in [0.5, 0.6) is 11.5 Å². The maximum Gasteiger partial charge on any atom is 0.115 e. The zero-order valence-corrected chi connectivity index (χ0v) is 14.5. The second kappa shape index (κ2) is 7.43. The number of hydrogen-bond acceptors (Lipinski definition) is 2. The van der Waals surface area contributed by atoms with E-state index in [0.29, 0.717) is 0 Å². The van der Waals surface area contributed by atoms with E-state index in [2.05, 4.69) is 31.2 Å². The summed E-state index contributed by atoms with van der Waals surface area (Å²) in [5.74, 6) is 0.558. The smallest absolute Gasteiger partial charge is 0.115 e. The minimum Gasteiger partial charge on any atom is -0.508 e. The number of phenols is 2. The molecule has 0 aromatic heterocycles. The third-order valence-corrected chi connectivity index (χ3v) is 4.99. The van der Waals surface area contributed by atoms with Gasteiger partial charge < -0.3 is 10.2 Å². The fourth-order valence-electron chi connectivity index (χ4n) is 3.40. The fraction of sp³-hybridized carbons (Fsp3) is 0.217. The lowest BCUT2D eigenvalue weighted by Gasteiger charge is -2.31. The molecule has 0 bridgehead atoms. The van der Waals surface area contributed by atoms with Gasteiger partial charge in [0.2, 0.25) is 0 Å². The Balaban J connectivity index is 1.86. The minimum absolute atomic E-state index is 0.170. The Kier molecular flexibility index (Phi) is 5.08. The predicted molar refractivity (Wildman–Crippen MR) is 102 cm³/mol. The molecule has 2 N–H and O–H groups in total. The molecule has 3 aromatic rings. The van der Waals surface area contributed by atoms with Crippen molar-refractivity contribution in [3.05, 3.63) is 95.6 Å². The third-order valence-electron chi connectivity index (χ3n) is 4.99. The lowest BCUT2D eigenvalue weighted by molar-refractivity contribution is 0.468. The van der Waals surface area contributed by atoms with E-state index in [1.54, 1.807) is 24.3 Å². The molecule has 3 aromatic carbocycles. The molecule has 3 rings (SSSR count). The van der Waals surface area contributed by atoms with Crippen LogP contribution in [0.25, 0.3) is 0 Å². The van der Waals surface area contributed by atoms with E-state index in [4.69, 9.17) is 0 Å². The number of aromatic hydroxyl groups is 2. The van der Waals surface area contributed by atoms with E-state index in [1.165, 1.54) is 16.7 Å². The Morgan fingerprint density at radius 1 is 0.680 bits per heavy atom. The van der Waals surface area contributed by atoms with E-state index in [0.717, 1.165) is 19.3 Å². The molecule has 2 nitrogen and oxygen atoms in total. The van der Waals surface area contributed by atoms with Crippen molar-refractivity contribution in [1.29, 1.82) is 0 Å². The summed E-state index contributed by atoms with van der Waals surface area (Å²) in [6.45, 7) is 2.23. The first-order valence-electron chi connectivity index (χ1n) is 8.71. The first-order chi connectivity index (χ1) is 12.1. The number of benzene rings is 3. The molecule has 0 saturated heterocycles. The molecule has 0 heterocycles. The average molecular weight is 332 g/mol. The molecular weight excluding hydrogens is 308 g/mol. The quantitative estimate of drug-likeness (QED) is 0.632. The maximum absolute atomic E-state index is 9.62. The van der Waals surface area contributed by atoms with Crippen LogP contribution in [0, 0.1) is 0 Å². The van der Waals surface area contributed by atoms with Crippen LogP contribution in [0.4, 0.5) is 0 Å². The summed E-state index contributed by atoms with van der Waals surface area (Å²) in [7, 11) is 0. The van der Waals surface area contributed by atoms with E-state index < -0.39 is 0 Å². The Hall–Kier alpha value is -2.74. The van der Waals surface area contributed by atoms with Gasteiger partial charge in [-0.25, -0.2) is 0 Å². The molecule has 0 atom stereocenters. The summed E-state index contributed by atoms with van der Waals surface area (Å²) in [5.41, 5.74) is 3.52. The number of aryl methyl sites for hydroxylation is 1. The number of phenolic OH excluding ortho intramolecular Hbond substituents is 2. The van der Waals surface area contributed by atoms with Gasteiger partial charge in [-0.1, -0.05) is 61.5 Å². The Morgan fingerprint density at radius 3 is 1.64 bits per heavy atom. The third kappa shape index (κ3) is 4.03. The molecule has 128 valence electrons. The Morgan fingerprint density at radius 2 is 1.16 bits per heavy atom.